The van der Waals surface area contributed by atoms with Gasteiger partial charge in [0.25, 0.3) is 10.1 Å². The molecule has 7 N–H and O–H groups in total. The zero-order valence-corrected chi connectivity index (χ0v) is 46.3. The van der Waals surface area contributed by atoms with E-state index in [4.69, 9.17) is 0 Å². The fraction of sp³-hybridized carbons (Fsp3) is 0.444. The molecule has 0 aliphatic carbocycles. The number of anilines is 1. The van der Waals surface area contributed by atoms with Crippen molar-refractivity contribution in [2.24, 2.45) is 0 Å². The molecule has 1 aliphatic heterocycles. The van der Waals surface area contributed by atoms with Crippen LogP contribution < -0.4 is 30.9 Å². The molecule has 0 radical (unpaired) electrons. The summed E-state index contributed by atoms with van der Waals surface area (Å²) in [6.45, 7) is 8.78. The zero-order valence-electron chi connectivity index (χ0n) is 43.8. The number of hydrogen-bond donors (Lipinski definition) is 7. The van der Waals surface area contributed by atoms with E-state index < -0.39 is 96.6 Å². The lowest BCUT2D eigenvalue weighted by molar-refractivity contribution is -0.147. The molecule has 2 heterocycles. The van der Waals surface area contributed by atoms with Crippen molar-refractivity contribution >= 4 is 93.5 Å². The minimum absolute atomic E-state index is 0.000978. The van der Waals surface area contributed by atoms with Crippen LogP contribution in [0.25, 0.3) is 20.9 Å². The van der Waals surface area contributed by atoms with Crippen LogP contribution in [0.15, 0.2) is 95.2 Å². The van der Waals surface area contributed by atoms with E-state index in [2.05, 4.69) is 26.0 Å². The lowest BCUT2D eigenvalue weighted by Crippen LogP contribution is -2.63. The SMILES string of the molecule is CCC[C@H](NC(=O)[C@H](Cc1ccc(CS(=O)(=O)O)cc1)NS(=O)(=O)c1cccc2c(N(C)C)cccc12)C(=O)N1CCC[C@@]1(C)C(=O)N[C@@H](Cc1csc2ccccc12)C(=O)N[C@@H](CCCC(=O)O)C(=O)NC(C)(C)C. The van der Waals surface area contributed by atoms with Crippen molar-refractivity contribution in [3.05, 3.63) is 107 Å². The second-order valence-corrected chi connectivity index (χ2v) is 24.8. The Morgan fingerprint density at radius 3 is 2.04 bits per heavy atom. The standard InChI is InChI=1S/C54H69N7O12S3/c1-8-15-41(56-49(65)43(30-34-24-26-35(27-25-34)33-75(69,70)71)59-76(72,73)46-22-12-17-38-39(46)18-11-20-44(38)60(6)7)51(67)61-29-14-28-54(61,5)52(68)57-42(31-36-32-74-45-21-10-9-16-37(36)45)48(64)55-40(19-13-23-47(62)63)50(66)58-53(2,3)4/h9-12,16-18,20-22,24-27,32,40-43,59H,8,13-15,19,23,28-31,33H2,1-7H3,(H,55,64)(H,56,65)(H,57,68)(H,58,66)(H,62,63)(H,69,70,71)/t40-,41-,42-,43-,54-/m0/s1. The summed E-state index contributed by atoms with van der Waals surface area (Å²) < 4.78 is 65.2. The molecule has 4 aromatic carbocycles. The number of amides is 5. The number of hydrogen-bond acceptors (Lipinski definition) is 12. The summed E-state index contributed by atoms with van der Waals surface area (Å²) in [5.74, 6) is -5.11. The average molecular weight is 1100 g/mol. The molecule has 5 amide bonds. The zero-order chi connectivity index (χ0) is 55.8. The number of carboxylic acids is 1. The van der Waals surface area contributed by atoms with Gasteiger partial charge in [0.15, 0.2) is 0 Å². The Kier molecular flexibility index (Phi) is 19.1. The number of fused-ring (bicyclic) bond motifs is 2. The number of nitrogens with one attached hydrogen (secondary N) is 5. The number of nitrogens with zero attached hydrogens (tertiary/aromatic N) is 2. The minimum atomic E-state index is -4.49. The van der Waals surface area contributed by atoms with Crippen LogP contribution in [0.5, 0.6) is 0 Å². The van der Waals surface area contributed by atoms with E-state index in [-0.39, 0.29) is 61.9 Å². The van der Waals surface area contributed by atoms with Gasteiger partial charge in [0.1, 0.15) is 35.5 Å². The van der Waals surface area contributed by atoms with Crippen LogP contribution in [0.4, 0.5) is 5.69 Å². The van der Waals surface area contributed by atoms with E-state index in [1.807, 2.05) is 54.7 Å². The molecule has 0 unspecified atom stereocenters. The van der Waals surface area contributed by atoms with Crippen molar-refractivity contribution in [3.63, 3.8) is 0 Å². The molecule has 0 spiro atoms. The molecule has 1 fully saturated rings. The van der Waals surface area contributed by atoms with Crippen LogP contribution in [0.2, 0.25) is 0 Å². The van der Waals surface area contributed by atoms with E-state index in [9.17, 15) is 55.3 Å². The number of rotatable bonds is 24. The summed E-state index contributed by atoms with van der Waals surface area (Å²) in [6.07, 6.45) is 0.620. The number of benzene rings is 4. The maximum absolute atomic E-state index is 14.9. The third-order valence-electron chi connectivity index (χ3n) is 13.3. The fourth-order valence-corrected chi connectivity index (χ4v) is 12.5. The summed E-state index contributed by atoms with van der Waals surface area (Å²) >= 11 is 1.46. The number of carboxylic acid groups (broad SMARTS) is 1. The molecule has 1 aromatic heterocycles. The van der Waals surface area contributed by atoms with E-state index in [1.165, 1.54) is 46.6 Å². The summed E-state index contributed by atoms with van der Waals surface area (Å²) in [6, 6.07) is 18.3. The molecule has 5 aromatic rings. The van der Waals surface area contributed by atoms with Gasteiger partial charge in [-0.05, 0) is 112 Å². The number of carbonyl (C=O) groups excluding carboxylic acids is 5. The van der Waals surface area contributed by atoms with E-state index >= 15 is 0 Å². The second-order valence-electron chi connectivity index (χ2n) is 20.7. The predicted molar refractivity (Wildman–Crippen MR) is 293 cm³/mol. The van der Waals surface area contributed by atoms with Gasteiger partial charge in [-0.2, -0.15) is 13.1 Å². The highest BCUT2D eigenvalue weighted by Crippen LogP contribution is 2.33. The van der Waals surface area contributed by atoms with Crippen molar-refractivity contribution in [2.75, 3.05) is 25.5 Å². The monoisotopic (exact) mass is 1100 g/mol. The first-order valence-corrected chi connectivity index (χ1v) is 29.1. The molecule has 1 aliphatic rings. The number of carbonyl (C=O) groups is 6. The average Bonchev–Trinajstić information content (AvgIpc) is 3.95. The van der Waals surface area contributed by atoms with Crippen LogP contribution >= 0.6 is 11.3 Å². The molecule has 6 rings (SSSR count). The molecule has 5 atom stereocenters. The number of aliphatic carboxylic acids is 1. The van der Waals surface area contributed by atoms with Gasteiger partial charge in [-0.15, -0.1) is 11.3 Å². The maximum atomic E-state index is 14.9. The summed E-state index contributed by atoms with van der Waals surface area (Å²) in [5, 5.41) is 24.5. The Morgan fingerprint density at radius 1 is 0.750 bits per heavy atom. The minimum Gasteiger partial charge on any atom is -0.481 e. The molecule has 76 heavy (non-hydrogen) atoms. The van der Waals surface area contributed by atoms with Crippen molar-refractivity contribution < 1.29 is 55.3 Å². The Hall–Kier alpha value is -6.46. The molecular weight excluding hydrogens is 1030 g/mol. The molecule has 22 heteroatoms. The van der Waals surface area contributed by atoms with Crippen molar-refractivity contribution in [1.29, 1.82) is 0 Å². The summed E-state index contributed by atoms with van der Waals surface area (Å²) in [5.41, 5.74) is -0.0732. The summed E-state index contributed by atoms with van der Waals surface area (Å²) in [4.78, 5) is 87.1. The molecule has 0 saturated carbocycles. The number of likely N-dealkylation sites (tertiary alicyclic amines) is 1. The highest BCUT2D eigenvalue weighted by molar-refractivity contribution is 7.89. The molecule has 410 valence electrons. The highest BCUT2D eigenvalue weighted by Gasteiger charge is 2.48. The Balaban J connectivity index is 1.29. The normalized spacial score (nSPS) is 16.6. The van der Waals surface area contributed by atoms with Gasteiger partial charge in [0.2, 0.25) is 39.6 Å². The van der Waals surface area contributed by atoms with Gasteiger partial charge in [0.05, 0.1) is 4.90 Å². The molecule has 19 nitrogen and oxygen atoms in total. The van der Waals surface area contributed by atoms with Crippen molar-refractivity contribution in [2.45, 2.75) is 138 Å². The van der Waals surface area contributed by atoms with E-state index in [0.29, 0.717) is 29.2 Å². The third-order valence-corrected chi connectivity index (χ3v) is 16.5. The van der Waals surface area contributed by atoms with Gasteiger partial charge in [-0.1, -0.05) is 80.1 Å². The molecule has 0 bridgehead atoms. The van der Waals surface area contributed by atoms with Gasteiger partial charge >= 0.3 is 5.97 Å². The van der Waals surface area contributed by atoms with Crippen LogP contribution in [-0.2, 0) is 67.5 Å². The topological polar surface area (TPSA) is 278 Å². The second kappa shape index (κ2) is 24.7. The van der Waals surface area contributed by atoms with Crippen molar-refractivity contribution in [1.82, 2.24) is 30.9 Å². The Morgan fingerprint density at radius 2 is 1.38 bits per heavy atom. The maximum Gasteiger partial charge on any atom is 0.303 e. The van der Waals surface area contributed by atoms with Crippen LogP contribution in [0.1, 0.15) is 96.3 Å². The first kappa shape index (κ1) is 58.8. The molecular formula is C54H69N7O12S3. The van der Waals surface area contributed by atoms with Crippen molar-refractivity contribution in [3.8, 4) is 0 Å². The van der Waals surface area contributed by atoms with Gasteiger partial charge in [-0.3, -0.25) is 33.3 Å². The van der Waals surface area contributed by atoms with Crippen LogP contribution in [0, 0.1) is 0 Å². The highest BCUT2D eigenvalue weighted by atomic mass is 32.2. The summed E-state index contributed by atoms with van der Waals surface area (Å²) in [7, 11) is -5.20. The first-order chi connectivity index (χ1) is 35.7. The fourth-order valence-electron chi connectivity index (χ4n) is 9.49. The Labute approximate surface area is 448 Å². The lowest BCUT2D eigenvalue weighted by atomic mass is 9.94. The lowest BCUT2D eigenvalue weighted by Gasteiger charge is -2.37. The largest absolute Gasteiger partial charge is 0.481 e. The van der Waals surface area contributed by atoms with Gasteiger partial charge in [0, 0.05) is 60.2 Å². The molecule has 1 saturated heterocycles. The van der Waals surface area contributed by atoms with Crippen LogP contribution in [-0.4, -0.2) is 123 Å². The van der Waals surface area contributed by atoms with E-state index in [1.54, 1.807) is 58.9 Å². The van der Waals surface area contributed by atoms with Crippen LogP contribution in [0.3, 0.4) is 0 Å². The Bertz CT molecular complexity index is 3180. The smallest absolute Gasteiger partial charge is 0.303 e. The quantitative estimate of drug-likeness (QED) is 0.0380. The number of thiophene rings is 1. The van der Waals surface area contributed by atoms with Gasteiger partial charge < -0.3 is 36.2 Å². The number of sulfonamides is 1. The predicted octanol–water partition coefficient (Wildman–Crippen LogP) is 5.45. The third kappa shape index (κ3) is 15.1. The first-order valence-electron chi connectivity index (χ1n) is 25.2. The van der Waals surface area contributed by atoms with E-state index in [0.717, 1.165) is 21.3 Å². The van der Waals surface area contributed by atoms with Gasteiger partial charge in [-0.25, -0.2) is 8.42 Å².